The first-order chi connectivity index (χ1) is 13.1. The fourth-order valence-electron chi connectivity index (χ4n) is 3.47. The van der Waals surface area contributed by atoms with Gasteiger partial charge in [0.1, 0.15) is 18.4 Å². The standard InChI is InChI=1S/C22H20N2O3/c1-15(25)23-21-19-8-4-5-9-20(19)24(22(21)26)12-13-27-18-11-10-16-6-2-3-7-17(16)14-18/h2-11,14,21H,12-13H2,1H3,(H,23,25)/t21-/m0/s1. The van der Waals surface area contributed by atoms with Gasteiger partial charge in [0, 0.05) is 18.2 Å². The smallest absolute Gasteiger partial charge is 0.254 e. The van der Waals surface area contributed by atoms with E-state index in [1.807, 2.05) is 60.7 Å². The maximum atomic E-state index is 12.8. The van der Waals surface area contributed by atoms with Gasteiger partial charge in [-0.2, -0.15) is 0 Å². The van der Waals surface area contributed by atoms with Crippen molar-refractivity contribution in [2.45, 2.75) is 13.0 Å². The van der Waals surface area contributed by atoms with E-state index in [2.05, 4.69) is 11.4 Å². The number of benzene rings is 3. The first-order valence-corrected chi connectivity index (χ1v) is 8.92. The summed E-state index contributed by atoms with van der Waals surface area (Å²) in [6.07, 6.45) is 0. The molecule has 0 saturated heterocycles. The Labute approximate surface area is 157 Å². The SMILES string of the molecule is CC(=O)N[C@@H]1C(=O)N(CCOc2ccc3ccccc3c2)c2ccccc21. The van der Waals surface area contributed by atoms with Crippen LogP contribution in [0.4, 0.5) is 5.69 Å². The molecule has 3 aromatic rings. The molecule has 1 N–H and O–H groups in total. The first-order valence-electron chi connectivity index (χ1n) is 8.92. The molecule has 0 aliphatic carbocycles. The number of hydrogen-bond acceptors (Lipinski definition) is 3. The number of nitrogens with one attached hydrogen (secondary N) is 1. The molecule has 0 spiro atoms. The molecule has 0 bridgehead atoms. The number of fused-ring (bicyclic) bond motifs is 2. The predicted molar refractivity (Wildman–Crippen MR) is 105 cm³/mol. The zero-order chi connectivity index (χ0) is 18.8. The molecule has 0 saturated carbocycles. The van der Waals surface area contributed by atoms with Crippen molar-refractivity contribution in [3.8, 4) is 5.75 Å². The summed E-state index contributed by atoms with van der Waals surface area (Å²) in [4.78, 5) is 25.9. The number of carbonyl (C=O) groups is 2. The van der Waals surface area contributed by atoms with Crippen molar-refractivity contribution in [3.63, 3.8) is 0 Å². The van der Waals surface area contributed by atoms with E-state index in [0.29, 0.717) is 13.2 Å². The third-order valence-electron chi connectivity index (χ3n) is 4.70. The van der Waals surface area contributed by atoms with Crippen molar-refractivity contribution >= 4 is 28.3 Å². The van der Waals surface area contributed by atoms with Gasteiger partial charge in [-0.15, -0.1) is 0 Å². The summed E-state index contributed by atoms with van der Waals surface area (Å²) in [6.45, 7) is 2.20. The number of para-hydroxylation sites is 1. The van der Waals surface area contributed by atoms with E-state index in [9.17, 15) is 9.59 Å². The molecule has 1 aliphatic rings. The van der Waals surface area contributed by atoms with E-state index in [4.69, 9.17) is 4.74 Å². The predicted octanol–water partition coefficient (Wildman–Crippen LogP) is 3.44. The van der Waals surface area contributed by atoms with E-state index in [1.54, 1.807) is 4.90 Å². The Morgan fingerprint density at radius 3 is 2.59 bits per heavy atom. The second-order valence-corrected chi connectivity index (χ2v) is 6.54. The maximum absolute atomic E-state index is 12.8. The van der Waals surface area contributed by atoms with Gasteiger partial charge in [0.2, 0.25) is 5.91 Å². The average molecular weight is 360 g/mol. The highest BCUT2D eigenvalue weighted by Crippen LogP contribution is 2.35. The summed E-state index contributed by atoms with van der Waals surface area (Å²) in [5.74, 6) is 0.415. The summed E-state index contributed by atoms with van der Waals surface area (Å²) in [7, 11) is 0. The Morgan fingerprint density at radius 2 is 1.78 bits per heavy atom. The van der Waals surface area contributed by atoms with Crippen molar-refractivity contribution in [2.24, 2.45) is 0 Å². The van der Waals surface area contributed by atoms with Crippen LogP contribution in [0, 0.1) is 0 Å². The van der Waals surface area contributed by atoms with Crippen molar-refractivity contribution in [2.75, 3.05) is 18.1 Å². The molecule has 0 aromatic heterocycles. The van der Waals surface area contributed by atoms with Gasteiger partial charge in [-0.1, -0.05) is 48.5 Å². The number of amides is 2. The largest absolute Gasteiger partial charge is 0.492 e. The van der Waals surface area contributed by atoms with Crippen molar-refractivity contribution in [1.82, 2.24) is 5.32 Å². The Kier molecular flexibility index (Phi) is 4.50. The molecule has 1 heterocycles. The molecule has 5 nitrogen and oxygen atoms in total. The van der Waals surface area contributed by atoms with Gasteiger partial charge < -0.3 is 15.0 Å². The van der Waals surface area contributed by atoms with Crippen molar-refractivity contribution in [1.29, 1.82) is 0 Å². The quantitative estimate of drug-likeness (QED) is 0.758. The number of anilines is 1. The van der Waals surface area contributed by atoms with Gasteiger partial charge in [-0.05, 0) is 29.0 Å². The van der Waals surface area contributed by atoms with Crippen LogP contribution < -0.4 is 15.0 Å². The number of ether oxygens (including phenoxy) is 1. The van der Waals surface area contributed by atoms with Gasteiger partial charge in [0.05, 0.1) is 6.54 Å². The van der Waals surface area contributed by atoms with E-state index in [0.717, 1.165) is 27.8 Å². The molecular formula is C22H20N2O3. The summed E-state index contributed by atoms with van der Waals surface area (Å²) in [6, 6.07) is 20.9. The lowest BCUT2D eigenvalue weighted by Crippen LogP contribution is -2.38. The molecule has 1 aliphatic heterocycles. The zero-order valence-corrected chi connectivity index (χ0v) is 15.0. The Morgan fingerprint density at radius 1 is 1.04 bits per heavy atom. The molecule has 0 unspecified atom stereocenters. The minimum Gasteiger partial charge on any atom is -0.492 e. The van der Waals surface area contributed by atoms with E-state index >= 15 is 0 Å². The molecule has 0 radical (unpaired) electrons. The van der Waals surface area contributed by atoms with Crippen molar-refractivity contribution in [3.05, 3.63) is 72.3 Å². The summed E-state index contributed by atoms with van der Waals surface area (Å²) < 4.78 is 5.87. The molecule has 0 fully saturated rings. The van der Waals surface area contributed by atoms with Crippen molar-refractivity contribution < 1.29 is 14.3 Å². The van der Waals surface area contributed by atoms with Crippen LogP contribution in [-0.2, 0) is 9.59 Å². The highest BCUT2D eigenvalue weighted by molar-refractivity contribution is 6.06. The molecular weight excluding hydrogens is 340 g/mol. The van der Waals surface area contributed by atoms with Crippen LogP contribution >= 0.6 is 0 Å². The van der Waals surface area contributed by atoms with Gasteiger partial charge in [-0.3, -0.25) is 9.59 Å². The highest BCUT2D eigenvalue weighted by atomic mass is 16.5. The third-order valence-corrected chi connectivity index (χ3v) is 4.70. The number of carbonyl (C=O) groups excluding carboxylic acids is 2. The second-order valence-electron chi connectivity index (χ2n) is 6.54. The minimum atomic E-state index is -0.626. The third kappa shape index (κ3) is 3.36. The lowest BCUT2D eigenvalue weighted by atomic mass is 10.1. The topological polar surface area (TPSA) is 58.6 Å². The van der Waals surface area contributed by atoms with E-state index < -0.39 is 6.04 Å². The molecule has 3 aromatic carbocycles. The molecule has 5 heteroatoms. The van der Waals surface area contributed by atoms with Gasteiger partial charge >= 0.3 is 0 Å². The number of rotatable bonds is 5. The molecule has 136 valence electrons. The van der Waals surface area contributed by atoms with Gasteiger partial charge in [-0.25, -0.2) is 0 Å². The Balaban J connectivity index is 1.47. The lowest BCUT2D eigenvalue weighted by molar-refractivity contribution is -0.126. The summed E-state index contributed by atoms with van der Waals surface area (Å²) in [5.41, 5.74) is 1.65. The number of nitrogens with zero attached hydrogens (tertiary/aromatic N) is 1. The van der Waals surface area contributed by atoms with Gasteiger partial charge in [0.25, 0.3) is 5.91 Å². The molecule has 1 atom stereocenters. The summed E-state index contributed by atoms with van der Waals surface area (Å²) in [5, 5.41) is 5.01. The van der Waals surface area contributed by atoms with Crippen LogP contribution in [0.15, 0.2) is 66.7 Å². The maximum Gasteiger partial charge on any atom is 0.254 e. The van der Waals surface area contributed by atoms with Crippen LogP contribution in [0.25, 0.3) is 10.8 Å². The highest BCUT2D eigenvalue weighted by Gasteiger charge is 2.37. The van der Waals surface area contributed by atoms with E-state index in [1.165, 1.54) is 6.92 Å². The van der Waals surface area contributed by atoms with E-state index in [-0.39, 0.29) is 11.8 Å². The minimum absolute atomic E-state index is 0.131. The average Bonchev–Trinajstić information content (AvgIpc) is 2.93. The van der Waals surface area contributed by atoms with Crippen LogP contribution in [0.2, 0.25) is 0 Å². The van der Waals surface area contributed by atoms with Crippen LogP contribution in [-0.4, -0.2) is 25.0 Å². The monoisotopic (exact) mass is 360 g/mol. The lowest BCUT2D eigenvalue weighted by Gasteiger charge is -2.18. The van der Waals surface area contributed by atoms with Gasteiger partial charge in [0.15, 0.2) is 0 Å². The summed E-state index contributed by atoms with van der Waals surface area (Å²) >= 11 is 0. The zero-order valence-electron chi connectivity index (χ0n) is 15.0. The fraction of sp³-hybridized carbons (Fsp3) is 0.182. The first kappa shape index (κ1) is 17.1. The normalized spacial score (nSPS) is 15.7. The number of hydrogen-bond donors (Lipinski definition) is 1. The Bertz CT molecular complexity index is 1020. The van der Waals surface area contributed by atoms with Crippen LogP contribution in [0.1, 0.15) is 18.5 Å². The molecule has 2 amide bonds. The Hall–Kier alpha value is -3.34. The fourth-order valence-corrected chi connectivity index (χ4v) is 3.47. The second kappa shape index (κ2) is 7.11. The molecule has 27 heavy (non-hydrogen) atoms. The van der Waals surface area contributed by atoms with Crippen LogP contribution in [0.5, 0.6) is 5.75 Å². The molecule has 4 rings (SSSR count). The van der Waals surface area contributed by atoms with Crippen LogP contribution in [0.3, 0.4) is 0 Å².